The van der Waals surface area contributed by atoms with Gasteiger partial charge in [0.05, 0.1) is 11.9 Å². The van der Waals surface area contributed by atoms with Gasteiger partial charge >= 0.3 is 0 Å². The Labute approximate surface area is 80.7 Å². The predicted octanol–water partition coefficient (Wildman–Crippen LogP) is 2.44. The Morgan fingerprint density at radius 2 is 2.08 bits per heavy atom. The van der Waals surface area contributed by atoms with Gasteiger partial charge in [-0.05, 0) is 34.8 Å². The molecule has 1 aromatic heterocycles. The standard InChI is InChI=1S/C9H11BrN2/c10-8-3-4-11-7-9(8)12-5-1-2-6-12/h3-4,7H,1-2,5-6H2. The van der Waals surface area contributed by atoms with E-state index in [0.717, 1.165) is 4.47 Å². The molecule has 3 heteroatoms. The number of pyridine rings is 1. The Kier molecular flexibility index (Phi) is 2.30. The second-order valence-electron chi connectivity index (χ2n) is 3.02. The maximum Gasteiger partial charge on any atom is 0.0697 e. The van der Waals surface area contributed by atoms with Crippen LogP contribution in [0.1, 0.15) is 12.8 Å². The largest absolute Gasteiger partial charge is 0.369 e. The molecule has 0 bridgehead atoms. The van der Waals surface area contributed by atoms with Crippen molar-refractivity contribution in [3.63, 3.8) is 0 Å². The molecule has 12 heavy (non-hydrogen) atoms. The fraction of sp³-hybridized carbons (Fsp3) is 0.444. The lowest BCUT2D eigenvalue weighted by molar-refractivity contribution is 0.949. The van der Waals surface area contributed by atoms with Crippen molar-refractivity contribution >= 4 is 21.6 Å². The van der Waals surface area contributed by atoms with Crippen LogP contribution in [0, 0.1) is 0 Å². The average Bonchev–Trinajstić information content (AvgIpc) is 2.57. The summed E-state index contributed by atoms with van der Waals surface area (Å²) in [7, 11) is 0. The number of hydrogen-bond donors (Lipinski definition) is 0. The van der Waals surface area contributed by atoms with E-state index >= 15 is 0 Å². The monoisotopic (exact) mass is 226 g/mol. The smallest absolute Gasteiger partial charge is 0.0697 e. The van der Waals surface area contributed by atoms with E-state index < -0.39 is 0 Å². The molecule has 0 unspecified atom stereocenters. The van der Waals surface area contributed by atoms with Crippen LogP contribution < -0.4 is 4.90 Å². The summed E-state index contributed by atoms with van der Waals surface area (Å²) in [4.78, 5) is 6.49. The molecule has 0 atom stereocenters. The van der Waals surface area contributed by atoms with Crippen LogP contribution in [0.4, 0.5) is 5.69 Å². The van der Waals surface area contributed by atoms with E-state index in [1.54, 1.807) is 0 Å². The summed E-state index contributed by atoms with van der Waals surface area (Å²) in [5, 5.41) is 0. The van der Waals surface area contributed by atoms with E-state index in [2.05, 4.69) is 25.8 Å². The maximum absolute atomic E-state index is 4.12. The van der Waals surface area contributed by atoms with Gasteiger partial charge in [-0.25, -0.2) is 0 Å². The summed E-state index contributed by atoms with van der Waals surface area (Å²) < 4.78 is 1.15. The number of hydrogen-bond acceptors (Lipinski definition) is 2. The van der Waals surface area contributed by atoms with Crippen LogP contribution in [-0.2, 0) is 0 Å². The molecule has 0 N–H and O–H groups in total. The van der Waals surface area contributed by atoms with Crippen LogP contribution >= 0.6 is 15.9 Å². The van der Waals surface area contributed by atoms with Crippen LogP contribution in [0.5, 0.6) is 0 Å². The summed E-state index contributed by atoms with van der Waals surface area (Å²) in [6.07, 6.45) is 6.35. The molecule has 0 aliphatic carbocycles. The zero-order valence-corrected chi connectivity index (χ0v) is 8.42. The molecule has 0 spiro atoms. The van der Waals surface area contributed by atoms with E-state index in [9.17, 15) is 0 Å². The predicted molar refractivity (Wildman–Crippen MR) is 53.4 cm³/mol. The minimum atomic E-state index is 1.15. The lowest BCUT2D eigenvalue weighted by atomic mass is 10.4. The lowest BCUT2D eigenvalue weighted by Crippen LogP contribution is -2.18. The summed E-state index contributed by atoms with van der Waals surface area (Å²) in [6.45, 7) is 2.34. The van der Waals surface area contributed by atoms with Crippen molar-refractivity contribution in [2.24, 2.45) is 0 Å². The molecule has 0 radical (unpaired) electrons. The van der Waals surface area contributed by atoms with Crippen LogP contribution in [0.3, 0.4) is 0 Å². The van der Waals surface area contributed by atoms with Gasteiger partial charge in [0.1, 0.15) is 0 Å². The molecule has 2 nitrogen and oxygen atoms in total. The van der Waals surface area contributed by atoms with Gasteiger partial charge in [0, 0.05) is 23.8 Å². The molecule has 0 amide bonds. The van der Waals surface area contributed by atoms with E-state index in [1.165, 1.54) is 31.6 Å². The first-order valence-corrected chi connectivity index (χ1v) is 5.02. The molecule has 0 saturated carbocycles. The van der Waals surface area contributed by atoms with Crippen LogP contribution in [0.15, 0.2) is 22.9 Å². The van der Waals surface area contributed by atoms with Crippen molar-refractivity contribution in [2.45, 2.75) is 12.8 Å². The molecule has 1 aromatic rings. The minimum Gasteiger partial charge on any atom is -0.369 e. The first kappa shape index (κ1) is 8.05. The number of nitrogens with zero attached hydrogens (tertiary/aromatic N) is 2. The van der Waals surface area contributed by atoms with Crippen molar-refractivity contribution < 1.29 is 0 Å². The second kappa shape index (κ2) is 3.44. The Balaban J connectivity index is 2.26. The molecule has 64 valence electrons. The molecule has 0 aromatic carbocycles. The molecular formula is C9H11BrN2. The normalized spacial score (nSPS) is 16.9. The summed E-state index contributed by atoms with van der Waals surface area (Å²) >= 11 is 3.52. The number of rotatable bonds is 1. The van der Waals surface area contributed by atoms with Crippen LogP contribution in [0.25, 0.3) is 0 Å². The fourth-order valence-electron chi connectivity index (χ4n) is 1.56. The second-order valence-corrected chi connectivity index (χ2v) is 3.88. The third-order valence-corrected chi connectivity index (χ3v) is 2.87. The number of anilines is 1. The molecular weight excluding hydrogens is 216 g/mol. The lowest BCUT2D eigenvalue weighted by Gasteiger charge is -2.17. The minimum absolute atomic E-state index is 1.15. The van der Waals surface area contributed by atoms with Gasteiger partial charge in [0.2, 0.25) is 0 Å². The van der Waals surface area contributed by atoms with Crippen molar-refractivity contribution in [1.82, 2.24) is 4.98 Å². The maximum atomic E-state index is 4.12. The van der Waals surface area contributed by atoms with Crippen molar-refractivity contribution in [2.75, 3.05) is 18.0 Å². The average molecular weight is 227 g/mol. The SMILES string of the molecule is Brc1ccncc1N1CCCC1. The van der Waals surface area contributed by atoms with Gasteiger partial charge < -0.3 is 4.90 Å². The third-order valence-electron chi connectivity index (χ3n) is 2.20. The Morgan fingerprint density at radius 3 is 2.75 bits per heavy atom. The van der Waals surface area contributed by atoms with Gasteiger partial charge in [-0.3, -0.25) is 4.98 Å². The van der Waals surface area contributed by atoms with Crippen LogP contribution in [0.2, 0.25) is 0 Å². The van der Waals surface area contributed by atoms with Crippen molar-refractivity contribution in [1.29, 1.82) is 0 Å². The summed E-state index contributed by atoms with van der Waals surface area (Å²) in [6, 6.07) is 1.99. The highest BCUT2D eigenvalue weighted by molar-refractivity contribution is 9.10. The van der Waals surface area contributed by atoms with E-state index in [1.807, 2.05) is 18.5 Å². The van der Waals surface area contributed by atoms with Crippen molar-refractivity contribution in [3.05, 3.63) is 22.9 Å². The number of aromatic nitrogens is 1. The van der Waals surface area contributed by atoms with Gasteiger partial charge in [-0.1, -0.05) is 0 Å². The molecule has 1 aliphatic heterocycles. The molecule has 2 rings (SSSR count). The van der Waals surface area contributed by atoms with Crippen LogP contribution in [-0.4, -0.2) is 18.1 Å². The van der Waals surface area contributed by atoms with Gasteiger partial charge in [0.25, 0.3) is 0 Å². The molecule has 2 heterocycles. The molecule has 1 aliphatic rings. The first-order chi connectivity index (χ1) is 5.88. The zero-order chi connectivity index (χ0) is 8.39. The topological polar surface area (TPSA) is 16.1 Å². The molecule has 1 fully saturated rings. The zero-order valence-electron chi connectivity index (χ0n) is 6.83. The first-order valence-electron chi connectivity index (χ1n) is 4.22. The quantitative estimate of drug-likeness (QED) is 0.732. The number of halogens is 1. The summed E-state index contributed by atoms with van der Waals surface area (Å²) in [5.41, 5.74) is 1.23. The fourth-order valence-corrected chi connectivity index (χ4v) is 2.03. The Bertz CT molecular complexity index is 269. The Hall–Kier alpha value is -0.570. The highest BCUT2D eigenvalue weighted by Crippen LogP contribution is 2.27. The molecule has 1 saturated heterocycles. The van der Waals surface area contributed by atoms with E-state index in [-0.39, 0.29) is 0 Å². The highest BCUT2D eigenvalue weighted by atomic mass is 79.9. The summed E-state index contributed by atoms with van der Waals surface area (Å²) in [5.74, 6) is 0. The van der Waals surface area contributed by atoms with E-state index in [0.29, 0.717) is 0 Å². The van der Waals surface area contributed by atoms with Gasteiger partial charge in [-0.2, -0.15) is 0 Å². The third kappa shape index (κ3) is 1.46. The van der Waals surface area contributed by atoms with E-state index in [4.69, 9.17) is 0 Å². The van der Waals surface area contributed by atoms with Gasteiger partial charge in [-0.15, -0.1) is 0 Å². The van der Waals surface area contributed by atoms with Crippen molar-refractivity contribution in [3.8, 4) is 0 Å². The van der Waals surface area contributed by atoms with Gasteiger partial charge in [0.15, 0.2) is 0 Å². The highest BCUT2D eigenvalue weighted by Gasteiger charge is 2.14. The Morgan fingerprint density at radius 1 is 1.33 bits per heavy atom.